The molecule has 40 heavy (non-hydrogen) atoms. The first-order valence-corrected chi connectivity index (χ1v) is 14.5. The molecule has 2 aromatic carbocycles. The summed E-state index contributed by atoms with van der Waals surface area (Å²) in [5, 5.41) is 9.02. The number of hydrogen-bond donors (Lipinski definition) is 0. The minimum Gasteiger partial charge on any atom is -0.462 e. The molecule has 0 amide bonds. The number of nitrogens with zero attached hydrogens (tertiary/aromatic N) is 3. The van der Waals surface area contributed by atoms with Crippen molar-refractivity contribution in [3.05, 3.63) is 65.2 Å². The van der Waals surface area contributed by atoms with Crippen LogP contribution in [-0.4, -0.2) is 49.7 Å². The molecule has 4 fully saturated rings. The van der Waals surface area contributed by atoms with Crippen LogP contribution in [0.25, 0.3) is 0 Å². The Hall–Kier alpha value is -3.05. The number of halogens is 3. The minimum atomic E-state index is -4.39. The summed E-state index contributed by atoms with van der Waals surface area (Å²) in [6.07, 6.45) is 0.697. The van der Waals surface area contributed by atoms with E-state index in [1.807, 2.05) is 30.3 Å². The van der Waals surface area contributed by atoms with E-state index < -0.39 is 11.7 Å². The van der Waals surface area contributed by atoms with E-state index in [4.69, 9.17) is 10.00 Å². The number of ether oxygens (including phenoxy) is 1. The molecule has 6 rings (SSSR count). The van der Waals surface area contributed by atoms with E-state index >= 15 is 0 Å². The largest absolute Gasteiger partial charge is 0.462 e. The Balaban J connectivity index is 1.14. The number of benzene rings is 2. The number of piperidine rings is 1. The molecule has 0 aromatic heterocycles. The Morgan fingerprint density at radius 2 is 1.82 bits per heavy atom. The molecule has 0 bridgehead atoms. The first-order chi connectivity index (χ1) is 19.1. The highest BCUT2D eigenvalue weighted by Gasteiger charge is 2.75. The predicted molar refractivity (Wildman–Crippen MR) is 146 cm³/mol. The molecule has 2 aliphatic heterocycles. The average molecular weight is 552 g/mol. The summed E-state index contributed by atoms with van der Waals surface area (Å²) in [6.45, 7) is 6.32. The van der Waals surface area contributed by atoms with Crippen molar-refractivity contribution in [2.45, 2.75) is 63.1 Å². The van der Waals surface area contributed by atoms with Crippen molar-refractivity contribution in [1.29, 1.82) is 5.26 Å². The summed E-state index contributed by atoms with van der Waals surface area (Å²) in [7, 11) is 0. The summed E-state index contributed by atoms with van der Waals surface area (Å²) in [4.78, 5) is 16.8. The first-order valence-electron chi connectivity index (χ1n) is 14.5. The van der Waals surface area contributed by atoms with Crippen molar-refractivity contribution >= 4 is 11.7 Å². The van der Waals surface area contributed by atoms with Gasteiger partial charge in [0.25, 0.3) is 0 Å². The fourth-order valence-corrected chi connectivity index (χ4v) is 8.34. The summed E-state index contributed by atoms with van der Waals surface area (Å²) in [5.41, 5.74) is 1.36. The maximum absolute atomic E-state index is 13.7. The standard InChI is InChI=1S/C32H36F3N3O2/c1-22(39)40-29-6-3-13-30(29)21-31(30,26-4-2-5-27(16-26)32(33,34)35)25-11-14-37(15-12-25)18-24-19-38(20-24)28-9-7-23(17-36)8-10-28/h2,4-5,7-10,16,24-25,29H,3,6,11-15,18-21H2,1H3/t29-,30?,31?/m0/s1. The van der Waals surface area contributed by atoms with E-state index in [1.165, 1.54) is 13.0 Å². The van der Waals surface area contributed by atoms with Gasteiger partial charge in [0.2, 0.25) is 0 Å². The molecule has 2 unspecified atom stereocenters. The molecule has 0 radical (unpaired) electrons. The molecule has 8 heteroatoms. The van der Waals surface area contributed by atoms with Gasteiger partial charge in [0, 0.05) is 49.0 Å². The van der Waals surface area contributed by atoms with E-state index in [0.717, 1.165) is 88.6 Å². The van der Waals surface area contributed by atoms with E-state index in [-0.39, 0.29) is 28.8 Å². The molecular formula is C32H36F3N3O2. The van der Waals surface area contributed by atoms with E-state index in [9.17, 15) is 18.0 Å². The Labute approximate surface area is 233 Å². The van der Waals surface area contributed by atoms with Crippen LogP contribution < -0.4 is 4.90 Å². The third-order valence-electron chi connectivity index (χ3n) is 10.2. The Bertz CT molecular complexity index is 1290. The second kappa shape index (κ2) is 10.1. The van der Waals surface area contributed by atoms with Crippen molar-refractivity contribution in [3.63, 3.8) is 0 Å². The predicted octanol–water partition coefficient (Wildman–Crippen LogP) is 6.17. The van der Waals surface area contributed by atoms with Gasteiger partial charge in [0.05, 0.1) is 17.2 Å². The Kier molecular flexibility index (Phi) is 6.85. The van der Waals surface area contributed by atoms with E-state index in [0.29, 0.717) is 11.5 Å². The minimum absolute atomic E-state index is 0.222. The molecule has 2 heterocycles. The molecule has 2 saturated carbocycles. The van der Waals surface area contributed by atoms with Crippen LogP contribution in [0.2, 0.25) is 0 Å². The van der Waals surface area contributed by atoms with Gasteiger partial charge < -0.3 is 14.5 Å². The number of carbonyl (C=O) groups excluding carboxylic acids is 1. The highest BCUT2D eigenvalue weighted by Crippen LogP contribution is 2.76. The zero-order chi connectivity index (χ0) is 28.1. The van der Waals surface area contributed by atoms with Gasteiger partial charge in [0.1, 0.15) is 6.10 Å². The smallest absolute Gasteiger partial charge is 0.416 e. The maximum Gasteiger partial charge on any atom is 0.416 e. The van der Waals surface area contributed by atoms with Gasteiger partial charge >= 0.3 is 12.1 Å². The lowest BCUT2D eigenvalue weighted by Gasteiger charge is -2.45. The Morgan fingerprint density at radius 1 is 1.10 bits per heavy atom. The monoisotopic (exact) mass is 551 g/mol. The third kappa shape index (κ3) is 4.66. The first kappa shape index (κ1) is 27.1. The molecule has 3 atom stereocenters. The second-order valence-corrected chi connectivity index (χ2v) is 12.4. The topological polar surface area (TPSA) is 56.6 Å². The fraction of sp³-hybridized carbons (Fsp3) is 0.562. The summed E-state index contributed by atoms with van der Waals surface area (Å²) < 4.78 is 47.0. The summed E-state index contributed by atoms with van der Waals surface area (Å²) in [5.74, 6) is 0.543. The van der Waals surface area contributed by atoms with E-state index in [1.54, 1.807) is 6.07 Å². The molecule has 0 N–H and O–H groups in total. The van der Waals surface area contributed by atoms with Crippen LogP contribution in [-0.2, 0) is 21.1 Å². The molecule has 2 saturated heterocycles. The van der Waals surface area contributed by atoms with Crippen molar-refractivity contribution in [3.8, 4) is 6.07 Å². The highest BCUT2D eigenvalue weighted by molar-refractivity contribution is 5.66. The zero-order valence-corrected chi connectivity index (χ0v) is 22.9. The van der Waals surface area contributed by atoms with Crippen LogP contribution in [0.4, 0.5) is 18.9 Å². The van der Waals surface area contributed by atoms with Gasteiger partial charge in [-0.1, -0.05) is 18.2 Å². The zero-order valence-electron chi connectivity index (χ0n) is 22.9. The second-order valence-electron chi connectivity index (χ2n) is 12.4. The van der Waals surface area contributed by atoms with Crippen LogP contribution >= 0.6 is 0 Å². The number of nitriles is 1. The molecule has 5 nitrogen and oxygen atoms in total. The maximum atomic E-state index is 13.7. The number of rotatable bonds is 6. The lowest BCUT2D eigenvalue weighted by Crippen LogP contribution is -2.53. The van der Waals surface area contributed by atoms with Crippen LogP contribution in [0.5, 0.6) is 0 Å². The fourth-order valence-electron chi connectivity index (χ4n) is 8.34. The summed E-state index contributed by atoms with van der Waals surface area (Å²) in [6, 6.07) is 15.8. The average Bonchev–Trinajstić information content (AvgIpc) is 3.45. The van der Waals surface area contributed by atoms with Gasteiger partial charge in [-0.05, 0) is 93.4 Å². The molecule has 1 spiro atoms. The molecule has 212 valence electrons. The van der Waals surface area contributed by atoms with Crippen LogP contribution in [0.15, 0.2) is 48.5 Å². The van der Waals surface area contributed by atoms with Crippen molar-refractivity contribution in [2.24, 2.45) is 17.3 Å². The SMILES string of the molecule is CC(=O)O[C@H]1CCCC12CC2(c1cccc(C(F)(F)F)c1)C1CCN(CC2CN(c3ccc(C#N)cc3)C2)CC1. The normalized spacial score (nSPS) is 29.3. The quantitative estimate of drug-likeness (QED) is 0.402. The van der Waals surface area contributed by atoms with Crippen molar-refractivity contribution in [2.75, 3.05) is 37.6 Å². The molecule has 4 aliphatic rings. The number of alkyl halides is 3. The molecular weight excluding hydrogens is 515 g/mol. The lowest BCUT2D eigenvalue weighted by atomic mass is 9.70. The highest BCUT2D eigenvalue weighted by atomic mass is 19.4. The number of esters is 1. The van der Waals surface area contributed by atoms with Crippen LogP contribution in [0.1, 0.15) is 62.1 Å². The van der Waals surface area contributed by atoms with E-state index in [2.05, 4.69) is 15.9 Å². The van der Waals surface area contributed by atoms with Gasteiger partial charge in [0.15, 0.2) is 0 Å². The van der Waals surface area contributed by atoms with Crippen LogP contribution in [0.3, 0.4) is 0 Å². The third-order valence-corrected chi connectivity index (χ3v) is 10.2. The molecule has 2 aliphatic carbocycles. The van der Waals surface area contributed by atoms with Gasteiger partial charge in [-0.3, -0.25) is 4.79 Å². The molecule has 2 aromatic rings. The van der Waals surface area contributed by atoms with Crippen molar-refractivity contribution < 1.29 is 22.7 Å². The lowest BCUT2D eigenvalue weighted by molar-refractivity contribution is -0.149. The van der Waals surface area contributed by atoms with Gasteiger partial charge in [-0.15, -0.1) is 0 Å². The number of anilines is 1. The Morgan fingerprint density at radius 3 is 2.48 bits per heavy atom. The van der Waals surface area contributed by atoms with Crippen molar-refractivity contribution in [1.82, 2.24) is 4.90 Å². The van der Waals surface area contributed by atoms with Gasteiger partial charge in [-0.25, -0.2) is 0 Å². The number of hydrogen-bond acceptors (Lipinski definition) is 5. The number of likely N-dealkylation sites (tertiary alicyclic amines) is 1. The van der Waals surface area contributed by atoms with Gasteiger partial charge in [-0.2, -0.15) is 18.4 Å². The van der Waals surface area contributed by atoms with Crippen LogP contribution in [0, 0.1) is 28.6 Å². The summed E-state index contributed by atoms with van der Waals surface area (Å²) >= 11 is 0. The number of carbonyl (C=O) groups is 1.